The Labute approximate surface area is 149 Å². The molecule has 8 nitrogen and oxygen atoms in total. The molecule has 2 N–H and O–H groups in total. The highest BCUT2D eigenvalue weighted by molar-refractivity contribution is 6.02. The van der Waals surface area contributed by atoms with Crippen LogP contribution in [0.5, 0.6) is 5.88 Å². The van der Waals surface area contributed by atoms with Crippen LogP contribution in [-0.2, 0) is 11.3 Å². The van der Waals surface area contributed by atoms with E-state index in [0.29, 0.717) is 17.7 Å². The summed E-state index contributed by atoms with van der Waals surface area (Å²) in [5, 5.41) is 10.4. The van der Waals surface area contributed by atoms with Gasteiger partial charge in [0.2, 0.25) is 5.88 Å². The van der Waals surface area contributed by atoms with Crippen LogP contribution in [0.4, 0.5) is 5.69 Å². The number of esters is 1. The number of carbonyl (C=O) groups excluding carboxylic acids is 1. The summed E-state index contributed by atoms with van der Waals surface area (Å²) in [4.78, 5) is 42.2. The van der Waals surface area contributed by atoms with Gasteiger partial charge in [0.25, 0.3) is 5.56 Å². The molecule has 1 heterocycles. The van der Waals surface area contributed by atoms with Gasteiger partial charge in [-0.15, -0.1) is 0 Å². The monoisotopic (exact) mass is 359 g/mol. The first-order valence-electron chi connectivity index (χ1n) is 8.19. The lowest BCUT2D eigenvalue weighted by Gasteiger charge is -2.11. The third-order valence-electron chi connectivity index (χ3n) is 3.83. The van der Waals surface area contributed by atoms with Crippen molar-refractivity contribution >= 4 is 17.4 Å². The highest BCUT2D eigenvalue weighted by Gasteiger charge is 2.16. The summed E-state index contributed by atoms with van der Waals surface area (Å²) in [7, 11) is 1.28. The molecule has 0 unspecified atom stereocenters. The summed E-state index contributed by atoms with van der Waals surface area (Å²) in [6.45, 7) is 3.79. The van der Waals surface area contributed by atoms with Crippen LogP contribution in [0.3, 0.4) is 0 Å². The van der Waals surface area contributed by atoms with Gasteiger partial charge >= 0.3 is 11.7 Å². The molecule has 0 bridgehead atoms. The van der Waals surface area contributed by atoms with E-state index in [1.54, 1.807) is 25.1 Å². The zero-order valence-electron chi connectivity index (χ0n) is 14.9. The van der Waals surface area contributed by atoms with Crippen molar-refractivity contribution in [1.82, 2.24) is 9.55 Å². The van der Waals surface area contributed by atoms with Gasteiger partial charge in [-0.1, -0.05) is 19.4 Å². The number of unbranched alkanes of at least 4 members (excludes halogenated alkanes) is 1. The van der Waals surface area contributed by atoms with Crippen LogP contribution in [0.25, 0.3) is 0 Å². The Kier molecular flexibility index (Phi) is 6.11. The van der Waals surface area contributed by atoms with E-state index in [1.165, 1.54) is 13.2 Å². The van der Waals surface area contributed by atoms with Crippen molar-refractivity contribution in [3.05, 3.63) is 56.2 Å². The number of aromatic hydroxyl groups is 1. The Hall–Kier alpha value is -3.16. The Morgan fingerprint density at radius 2 is 2.08 bits per heavy atom. The highest BCUT2D eigenvalue weighted by atomic mass is 16.5. The number of rotatable bonds is 6. The number of nitrogens with one attached hydrogen (secondary N) is 1. The third-order valence-corrected chi connectivity index (χ3v) is 3.83. The molecule has 0 aliphatic heterocycles. The van der Waals surface area contributed by atoms with Crippen molar-refractivity contribution in [1.29, 1.82) is 0 Å². The van der Waals surface area contributed by atoms with Crippen molar-refractivity contribution in [3.63, 3.8) is 0 Å². The van der Waals surface area contributed by atoms with E-state index >= 15 is 0 Å². The first-order chi connectivity index (χ1) is 12.4. The van der Waals surface area contributed by atoms with E-state index in [1.807, 2.05) is 6.92 Å². The largest absolute Gasteiger partial charge is 0.494 e. The molecule has 0 saturated carbocycles. The molecule has 2 rings (SSSR count). The highest BCUT2D eigenvalue weighted by Crippen LogP contribution is 2.19. The molecule has 138 valence electrons. The number of benzene rings is 1. The fourth-order valence-electron chi connectivity index (χ4n) is 2.48. The summed E-state index contributed by atoms with van der Waals surface area (Å²) in [5.74, 6) is -0.925. The van der Waals surface area contributed by atoms with Crippen LogP contribution in [-0.4, -0.2) is 33.4 Å². The second kappa shape index (κ2) is 8.28. The maximum atomic E-state index is 12.2. The molecular weight excluding hydrogens is 338 g/mol. The third kappa shape index (κ3) is 4.08. The first-order valence-corrected chi connectivity index (χ1v) is 8.19. The van der Waals surface area contributed by atoms with E-state index in [0.717, 1.165) is 11.0 Å². The molecule has 0 aliphatic rings. The zero-order valence-corrected chi connectivity index (χ0v) is 14.9. The number of aromatic amines is 1. The fourth-order valence-corrected chi connectivity index (χ4v) is 2.48. The van der Waals surface area contributed by atoms with Gasteiger partial charge in [-0.3, -0.25) is 19.3 Å². The van der Waals surface area contributed by atoms with Crippen molar-refractivity contribution in [3.8, 4) is 5.88 Å². The van der Waals surface area contributed by atoms with Gasteiger partial charge in [0, 0.05) is 6.54 Å². The Balaban J connectivity index is 2.51. The van der Waals surface area contributed by atoms with E-state index in [-0.39, 0.29) is 17.8 Å². The number of H-pyrrole nitrogens is 1. The van der Waals surface area contributed by atoms with Crippen LogP contribution in [0, 0.1) is 0 Å². The van der Waals surface area contributed by atoms with Gasteiger partial charge in [-0.2, -0.15) is 0 Å². The minimum atomic E-state index is -0.717. The van der Waals surface area contributed by atoms with Gasteiger partial charge in [0.15, 0.2) is 0 Å². The molecule has 1 aromatic carbocycles. The number of aromatic nitrogens is 2. The van der Waals surface area contributed by atoms with Crippen molar-refractivity contribution in [2.24, 2.45) is 4.99 Å². The van der Waals surface area contributed by atoms with Crippen LogP contribution in [0.2, 0.25) is 0 Å². The second-order valence-electron chi connectivity index (χ2n) is 5.70. The topological polar surface area (TPSA) is 114 Å². The normalized spacial score (nSPS) is 11.4. The average Bonchev–Trinajstić information content (AvgIpc) is 2.60. The van der Waals surface area contributed by atoms with Gasteiger partial charge < -0.3 is 9.84 Å². The number of hydrogen-bond donors (Lipinski definition) is 2. The molecule has 0 atom stereocenters. The van der Waals surface area contributed by atoms with E-state index in [4.69, 9.17) is 0 Å². The average molecular weight is 359 g/mol. The molecule has 0 radical (unpaired) electrons. The molecule has 0 spiro atoms. The molecule has 0 amide bonds. The van der Waals surface area contributed by atoms with Gasteiger partial charge in [0.1, 0.15) is 5.56 Å². The van der Waals surface area contributed by atoms with Crippen LogP contribution in [0.15, 0.2) is 38.8 Å². The smallest absolute Gasteiger partial charge is 0.337 e. The summed E-state index contributed by atoms with van der Waals surface area (Å²) in [5.41, 5.74) is -0.515. The van der Waals surface area contributed by atoms with E-state index in [2.05, 4.69) is 14.7 Å². The molecule has 0 saturated heterocycles. The number of hydrogen-bond acceptors (Lipinski definition) is 6. The second-order valence-corrected chi connectivity index (χ2v) is 5.70. The van der Waals surface area contributed by atoms with Crippen molar-refractivity contribution in [2.75, 3.05) is 7.11 Å². The maximum Gasteiger partial charge on any atom is 0.337 e. The Morgan fingerprint density at radius 1 is 1.35 bits per heavy atom. The first kappa shape index (κ1) is 19.2. The minimum absolute atomic E-state index is 0.0795. The standard InChI is InChI=1S/C18H21N3O5/c1-4-5-9-21-16(23)14(15(22)20-18(21)25)11(2)19-13-8-6-7-12(10-13)17(24)26-3/h6-8,10,23H,4-5,9H2,1-3H3,(H,20,22,25). The lowest BCUT2D eigenvalue weighted by atomic mass is 10.1. The van der Waals surface area contributed by atoms with E-state index < -0.39 is 23.1 Å². The van der Waals surface area contributed by atoms with Crippen LogP contribution < -0.4 is 11.2 Å². The van der Waals surface area contributed by atoms with Gasteiger partial charge in [0.05, 0.1) is 24.1 Å². The van der Waals surface area contributed by atoms with Crippen LogP contribution in [0.1, 0.15) is 42.6 Å². The van der Waals surface area contributed by atoms with Crippen LogP contribution >= 0.6 is 0 Å². The van der Waals surface area contributed by atoms with Crippen molar-refractivity contribution in [2.45, 2.75) is 33.2 Å². The Bertz CT molecular complexity index is 956. The van der Waals surface area contributed by atoms with Gasteiger partial charge in [-0.25, -0.2) is 9.59 Å². The summed E-state index contributed by atoms with van der Waals surface area (Å²) in [6.07, 6.45) is 1.50. The summed E-state index contributed by atoms with van der Waals surface area (Å²) in [6, 6.07) is 6.36. The number of ether oxygens (including phenoxy) is 1. The minimum Gasteiger partial charge on any atom is -0.494 e. The van der Waals surface area contributed by atoms with Gasteiger partial charge in [-0.05, 0) is 31.5 Å². The lowest BCUT2D eigenvalue weighted by Crippen LogP contribution is -2.33. The SMILES string of the molecule is CCCCn1c(O)c(C(C)=Nc2cccc(C(=O)OC)c2)c(=O)[nH]c1=O. The number of nitrogens with zero attached hydrogens (tertiary/aromatic N) is 2. The lowest BCUT2D eigenvalue weighted by molar-refractivity contribution is 0.0600. The Morgan fingerprint density at radius 3 is 2.73 bits per heavy atom. The quantitative estimate of drug-likeness (QED) is 0.605. The molecule has 26 heavy (non-hydrogen) atoms. The molecule has 0 aliphatic carbocycles. The predicted molar refractivity (Wildman–Crippen MR) is 97.5 cm³/mol. The maximum absolute atomic E-state index is 12.2. The molecule has 1 aromatic heterocycles. The number of methoxy groups -OCH3 is 1. The summed E-state index contributed by atoms with van der Waals surface area (Å²) >= 11 is 0. The zero-order chi connectivity index (χ0) is 19.3. The van der Waals surface area contributed by atoms with E-state index in [9.17, 15) is 19.5 Å². The molecular formula is C18H21N3O5. The number of aliphatic imine (C=N–C) groups is 1. The molecule has 8 heteroatoms. The fraction of sp³-hybridized carbons (Fsp3) is 0.333. The predicted octanol–water partition coefficient (Wildman–Crippen LogP) is 1.97. The van der Waals surface area contributed by atoms with Crippen molar-refractivity contribution < 1.29 is 14.6 Å². The summed E-state index contributed by atoms with van der Waals surface area (Å²) < 4.78 is 5.78. The molecule has 2 aromatic rings. The number of carbonyl (C=O) groups is 1. The molecule has 0 fully saturated rings.